The van der Waals surface area contributed by atoms with E-state index in [9.17, 15) is 9.59 Å². The number of hydrogen-bond acceptors (Lipinski definition) is 6. The van der Waals surface area contributed by atoms with Gasteiger partial charge in [-0.2, -0.15) is 0 Å². The molecule has 1 heterocycles. The smallest absolute Gasteiger partial charge is 0.328 e. The maximum absolute atomic E-state index is 12.2. The third-order valence-electron chi connectivity index (χ3n) is 5.49. The minimum absolute atomic E-state index is 0.0476. The van der Waals surface area contributed by atoms with E-state index in [0.717, 1.165) is 37.0 Å². The average Bonchev–Trinajstić information content (AvgIpc) is 2.96. The molecule has 4 fully saturated rings. The number of nitrogens with one attached hydrogen (secondary N) is 1. The van der Waals surface area contributed by atoms with E-state index in [4.69, 9.17) is 4.74 Å². The summed E-state index contributed by atoms with van der Waals surface area (Å²) in [5, 5.41) is 13.6. The van der Waals surface area contributed by atoms with Crippen LogP contribution in [0.1, 0.15) is 38.5 Å². The van der Waals surface area contributed by atoms with Crippen LogP contribution in [0.5, 0.6) is 0 Å². The van der Waals surface area contributed by atoms with Crippen molar-refractivity contribution in [2.45, 2.75) is 50.6 Å². The maximum Gasteiger partial charge on any atom is 0.328 e. The monoisotopic (exact) mass is 319 g/mol. The van der Waals surface area contributed by atoms with Crippen LogP contribution in [0.2, 0.25) is 0 Å². The van der Waals surface area contributed by atoms with Crippen molar-refractivity contribution in [2.75, 3.05) is 6.61 Å². The molecular weight excluding hydrogens is 298 g/mol. The first-order valence-corrected chi connectivity index (χ1v) is 8.28. The molecule has 8 heteroatoms. The Kier molecular flexibility index (Phi) is 3.54. The second-order valence-corrected chi connectivity index (χ2v) is 7.41. The van der Waals surface area contributed by atoms with Crippen LogP contribution in [0.4, 0.5) is 0 Å². The van der Waals surface area contributed by atoms with Crippen molar-refractivity contribution in [2.24, 2.45) is 17.8 Å². The summed E-state index contributed by atoms with van der Waals surface area (Å²) in [6.07, 6.45) is 8.58. The van der Waals surface area contributed by atoms with Crippen LogP contribution in [-0.2, 0) is 20.9 Å². The van der Waals surface area contributed by atoms with E-state index in [0.29, 0.717) is 0 Å². The van der Waals surface area contributed by atoms with Crippen molar-refractivity contribution in [1.82, 2.24) is 25.5 Å². The summed E-state index contributed by atoms with van der Waals surface area (Å²) in [6, 6.07) is 0. The first-order chi connectivity index (χ1) is 11.1. The Morgan fingerprint density at radius 1 is 1.17 bits per heavy atom. The molecule has 0 aromatic carbocycles. The first kappa shape index (κ1) is 14.6. The Morgan fingerprint density at radius 2 is 1.83 bits per heavy atom. The highest BCUT2D eigenvalue weighted by molar-refractivity contribution is 5.81. The van der Waals surface area contributed by atoms with Crippen molar-refractivity contribution < 1.29 is 14.3 Å². The van der Waals surface area contributed by atoms with Gasteiger partial charge in [0.05, 0.1) is 0 Å². The lowest BCUT2D eigenvalue weighted by atomic mass is 9.53. The zero-order valence-electron chi connectivity index (χ0n) is 13.0. The molecular formula is C15H21N5O3. The van der Waals surface area contributed by atoms with Gasteiger partial charge in [-0.25, -0.2) is 4.68 Å². The SMILES string of the molecule is O=C(COC(=O)Cn1cnnn1)NC12CC3CC(CC(C3)C1)C2. The summed E-state index contributed by atoms with van der Waals surface area (Å²) in [4.78, 5) is 23.9. The molecule has 1 aromatic heterocycles. The van der Waals surface area contributed by atoms with Crippen molar-refractivity contribution in [3.63, 3.8) is 0 Å². The Balaban J connectivity index is 1.28. The molecule has 0 spiro atoms. The molecule has 8 nitrogen and oxygen atoms in total. The largest absolute Gasteiger partial charge is 0.454 e. The molecule has 1 aromatic rings. The van der Waals surface area contributed by atoms with Crippen LogP contribution in [0.15, 0.2) is 6.33 Å². The highest BCUT2D eigenvalue weighted by Gasteiger charge is 2.51. The molecule has 1 N–H and O–H groups in total. The average molecular weight is 319 g/mol. The van der Waals surface area contributed by atoms with E-state index in [1.165, 1.54) is 30.3 Å². The van der Waals surface area contributed by atoms with E-state index in [-0.39, 0.29) is 24.6 Å². The molecule has 4 aliphatic carbocycles. The number of esters is 1. The summed E-state index contributed by atoms with van der Waals surface area (Å²) in [5.74, 6) is 1.59. The van der Waals surface area contributed by atoms with Crippen molar-refractivity contribution in [1.29, 1.82) is 0 Å². The predicted molar refractivity (Wildman–Crippen MR) is 77.8 cm³/mol. The number of amides is 1. The predicted octanol–water partition coefficient (Wildman–Crippen LogP) is 0.301. The molecule has 4 aliphatic rings. The molecule has 1 amide bonds. The van der Waals surface area contributed by atoms with Gasteiger partial charge < -0.3 is 10.1 Å². The van der Waals surface area contributed by atoms with Gasteiger partial charge in [-0.3, -0.25) is 9.59 Å². The zero-order chi connectivity index (χ0) is 15.9. The van der Waals surface area contributed by atoms with Crippen LogP contribution in [0, 0.1) is 17.8 Å². The van der Waals surface area contributed by atoms with Gasteiger partial charge in [0, 0.05) is 5.54 Å². The van der Waals surface area contributed by atoms with Crippen LogP contribution in [0.3, 0.4) is 0 Å². The Bertz CT molecular complexity index is 565. The number of hydrogen-bond donors (Lipinski definition) is 1. The summed E-state index contributed by atoms with van der Waals surface area (Å²) in [5.41, 5.74) is -0.0476. The fourth-order valence-corrected chi connectivity index (χ4v) is 5.17. The lowest BCUT2D eigenvalue weighted by Crippen LogP contribution is -2.60. The molecule has 0 atom stereocenters. The summed E-state index contributed by atoms with van der Waals surface area (Å²) < 4.78 is 6.29. The summed E-state index contributed by atoms with van der Waals surface area (Å²) in [7, 11) is 0. The standard InChI is InChI=1S/C15H21N5O3/c21-13(8-23-14(22)7-20-9-16-18-19-20)17-15-4-10-1-11(5-15)3-12(2-10)6-15/h9-12H,1-8H2,(H,17,21). The fraction of sp³-hybridized carbons (Fsp3) is 0.800. The van der Waals surface area contributed by atoms with Gasteiger partial charge in [0.2, 0.25) is 0 Å². The minimum Gasteiger partial charge on any atom is -0.454 e. The number of carbonyl (C=O) groups is 2. The number of tetrazole rings is 1. The summed E-state index contributed by atoms with van der Waals surface area (Å²) >= 11 is 0. The number of nitrogens with zero attached hydrogens (tertiary/aromatic N) is 4. The van der Waals surface area contributed by atoms with Gasteiger partial charge in [0.25, 0.3) is 5.91 Å². The highest BCUT2D eigenvalue weighted by atomic mass is 16.5. The van der Waals surface area contributed by atoms with Gasteiger partial charge in [0.1, 0.15) is 12.9 Å². The lowest BCUT2D eigenvalue weighted by Gasteiger charge is -2.56. The second kappa shape index (κ2) is 5.58. The van der Waals surface area contributed by atoms with E-state index < -0.39 is 5.97 Å². The molecule has 4 saturated carbocycles. The zero-order valence-corrected chi connectivity index (χ0v) is 13.0. The number of carbonyl (C=O) groups excluding carboxylic acids is 2. The van der Waals surface area contributed by atoms with Gasteiger partial charge in [-0.05, 0) is 66.7 Å². The lowest BCUT2D eigenvalue weighted by molar-refractivity contribution is -0.150. The summed E-state index contributed by atoms with van der Waals surface area (Å²) in [6.45, 7) is -0.319. The molecule has 5 rings (SSSR count). The molecule has 0 saturated heterocycles. The van der Waals surface area contributed by atoms with E-state index in [1.54, 1.807) is 0 Å². The van der Waals surface area contributed by atoms with Crippen LogP contribution in [-0.4, -0.2) is 44.2 Å². The molecule has 124 valence electrons. The quantitative estimate of drug-likeness (QED) is 0.784. The number of aromatic nitrogens is 4. The van der Waals surface area contributed by atoms with Crippen molar-refractivity contribution in [3.05, 3.63) is 6.33 Å². The topological polar surface area (TPSA) is 99.0 Å². The molecule has 0 unspecified atom stereocenters. The van der Waals surface area contributed by atoms with Gasteiger partial charge in [0.15, 0.2) is 6.61 Å². The number of rotatable bonds is 5. The number of ether oxygens (including phenoxy) is 1. The Hall–Kier alpha value is -1.99. The third-order valence-corrected chi connectivity index (χ3v) is 5.49. The fourth-order valence-electron chi connectivity index (χ4n) is 5.17. The van der Waals surface area contributed by atoms with E-state index in [2.05, 4.69) is 20.8 Å². The Labute approximate surface area is 133 Å². The molecule has 0 aliphatic heterocycles. The third kappa shape index (κ3) is 3.07. The Morgan fingerprint density at radius 3 is 2.39 bits per heavy atom. The maximum atomic E-state index is 12.2. The normalized spacial score (nSPS) is 34.3. The molecule has 0 radical (unpaired) electrons. The van der Waals surface area contributed by atoms with Crippen LogP contribution >= 0.6 is 0 Å². The van der Waals surface area contributed by atoms with Crippen molar-refractivity contribution >= 4 is 11.9 Å². The van der Waals surface area contributed by atoms with Crippen LogP contribution < -0.4 is 5.32 Å². The molecule has 23 heavy (non-hydrogen) atoms. The van der Waals surface area contributed by atoms with E-state index >= 15 is 0 Å². The molecule has 4 bridgehead atoms. The van der Waals surface area contributed by atoms with E-state index in [1.807, 2.05) is 0 Å². The minimum atomic E-state index is -0.516. The second-order valence-electron chi connectivity index (χ2n) is 7.41. The van der Waals surface area contributed by atoms with Gasteiger partial charge in [-0.1, -0.05) is 0 Å². The van der Waals surface area contributed by atoms with Gasteiger partial charge in [-0.15, -0.1) is 5.10 Å². The van der Waals surface area contributed by atoms with Crippen molar-refractivity contribution in [3.8, 4) is 0 Å². The van der Waals surface area contributed by atoms with Crippen LogP contribution in [0.25, 0.3) is 0 Å². The highest BCUT2D eigenvalue weighted by Crippen LogP contribution is 2.55. The van der Waals surface area contributed by atoms with Gasteiger partial charge >= 0.3 is 5.97 Å². The first-order valence-electron chi connectivity index (χ1n) is 8.28.